The van der Waals surface area contributed by atoms with Crippen molar-refractivity contribution in [2.24, 2.45) is 0 Å². The molecule has 0 aliphatic heterocycles. The second-order valence-corrected chi connectivity index (χ2v) is 3.54. The van der Waals surface area contributed by atoms with Gasteiger partial charge in [-0.05, 0) is 38.1 Å². The van der Waals surface area contributed by atoms with Crippen molar-refractivity contribution in [3.05, 3.63) is 29.8 Å². The maximum atomic E-state index is 12.7. The fourth-order valence-corrected chi connectivity index (χ4v) is 1.11. The van der Waals surface area contributed by atoms with E-state index in [0.29, 0.717) is 0 Å². The molecule has 0 bridgehead atoms. The lowest BCUT2D eigenvalue weighted by Gasteiger charge is -2.06. The highest BCUT2D eigenvalue weighted by Crippen LogP contribution is 2.15. The Kier molecular flexibility index (Phi) is 4.31. The summed E-state index contributed by atoms with van der Waals surface area (Å²) in [7, 11) is 0. The first-order chi connectivity index (χ1) is 7.91. The van der Waals surface area contributed by atoms with Gasteiger partial charge >= 0.3 is 5.97 Å². The zero-order valence-electron chi connectivity index (χ0n) is 9.44. The molecule has 0 saturated heterocycles. The molecule has 0 aliphatic carbocycles. The molecule has 0 aliphatic rings. The standard InChI is InChI=1S/C12H12F2O3/c1-7(13)11(15)9-3-5-10(6-4-9)17-12(16)8(2)14/h3-8H,1-2H3. The van der Waals surface area contributed by atoms with Gasteiger partial charge in [0.1, 0.15) is 5.75 Å². The zero-order valence-corrected chi connectivity index (χ0v) is 9.44. The average molecular weight is 242 g/mol. The quantitative estimate of drug-likeness (QED) is 0.463. The topological polar surface area (TPSA) is 43.4 Å². The number of esters is 1. The van der Waals surface area contributed by atoms with Crippen molar-refractivity contribution >= 4 is 11.8 Å². The van der Waals surface area contributed by atoms with Crippen LogP contribution in [0.25, 0.3) is 0 Å². The number of Topliss-reactive ketones (excluding diaryl/α,β-unsaturated/α-hetero) is 1. The highest BCUT2D eigenvalue weighted by molar-refractivity contribution is 5.99. The minimum atomic E-state index is -1.72. The predicted octanol–water partition coefficient (Wildman–Crippen LogP) is 2.49. The maximum absolute atomic E-state index is 12.7. The molecule has 17 heavy (non-hydrogen) atoms. The normalized spacial score (nSPS) is 13.9. The van der Waals surface area contributed by atoms with E-state index in [4.69, 9.17) is 0 Å². The van der Waals surface area contributed by atoms with Crippen LogP contribution in [0.2, 0.25) is 0 Å². The van der Waals surface area contributed by atoms with E-state index in [-0.39, 0.29) is 11.3 Å². The molecular formula is C12H12F2O3. The molecule has 3 nitrogen and oxygen atoms in total. The van der Waals surface area contributed by atoms with Crippen LogP contribution >= 0.6 is 0 Å². The number of alkyl halides is 2. The van der Waals surface area contributed by atoms with Crippen LogP contribution in [0.4, 0.5) is 8.78 Å². The van der Waals surface area contributed by atoms with Gasteiger partial charge in [0.15, 0.2) is 18.1 Å². The van der Waals surface area contributed by atoms with Crippen LogP contribution in [0.3, 0.4) is 0 Å². The number of carbonyl (C=O) groups excluding carboxylic acids is 2. The van der Waals surface area contributed by atoms with Crippen molar-refractivity contribution in [3.8, 4) is 5.75 Å². The van der Waals surface area contributed by atoms with E-state index in [1.54, 1.807) is 0 Å². The van der Waals surface area contributed by atoms with Crippen LogP contribution in [0.5, 0.6) is 5.75 Å². The molecule has 0 saturated carbocycles. The van der Waals surface area contributed by atoms with Crippen molar-refractivity contribution in [2.45, 2.75) is 26.2 Å². The summed E-state index contributed by atoms with van der Waals surface area (Å²) in [4.78, 5) is 22.2. The minimum Gasteiger partial charge on any atom is -0.424 e. The number of benzene rings is 1. The third-order valence-electron chi connectivity index (χ3n) is 2.04. The van der Waals surface area contributed by atoms with Crippen LogP contribution in [0.15, 0.2) is 24.3 Å². The molecule has 0 aromatic heterocycles. The third-order valence-corrected chi connectivity index (χ3v) is 2.04. The van der Waals surface area contributed by atoms with Crippen molar-refractivity contribution in [2.75, 3.05) is 0 Å². The Hall–Kier alpha value is -1.78. The Morgan fingerprint density at radius 3 is 2.00 bits per heavy atom. The van der Waals surface area contributed by atoms with Crippen LogP contribution < -0.4 is 4.74 Å². The lowest BCUT2D eigenvalue weighted by atomic mass is 10.1. The van der Waals surface area contributed by atoms with E-state index in [9.17, 15) is 18.4 Å². The number of hydrogen-bond donors (Lipinski definition) is 0. The smallest absolute Gasteiger partial charge is 0.345 e. The largest absolute Gasteiger partial charge is 0.424 e. The Bertz CT molecular complexity index is 410. The predicted molar refractivity (Wildman–Crippen MR) is 57.5 cm³/mol. The van der Waals surface area contributed by atoms with Gasteiger partial charge in [-0.1, -0.05) is 0 Å². The molecule has 2 atom stereocenters. The Morgan fingerprint density at radius 1 is 1.06 bits per heavy atom. The van der Waals surface area contributed by atoms with E-state index in [1.807, 2.05) is 0 Å². The third kappa shape index (κ3) is 3.62. The summed E-state index contributed by atoms with van der Waals surface area (Å²) < 4.78 is 29.9. The fourth-order valence-electron chi connectivity index (χ4n) is 1.11. The molecule has 92 valence electrons. The minimum absolute atomic E-state index is 0.113. The number of halogens is 2. The summed E-state index contributed by atoms with van der Waals surface area (Å²) in [5.41, 5.74) is 0.174. The van der Waals surface area contributed by atoms with Crippen LogP contribution in [0, 0.1) is 0 Å². The number of carbonyl (C=O) groups is 2. The first-order valence-corrected chi connectivity index (χ1v) is 5.06. The van der Waals surface area contributed by atoms with Gasteiger partial charge in [0.05, 0.1) is 0 Å². The molecular weight excluding hydrogens is 230 g/mol. The molecule has 2 unspecified atom stereocenters. The Morgan fingerprint density at radius 2 is 1.59 bits per heavy atom. The Labute approximate surface area is 97.4 Å². The molecule has 1 aromatic rings. The van der Waals surface area contributed by atoms with Gasteiger partial charge in [0.25, 0.3) is 0 Å². The fraction of sp³-hybridized carbons (Fsp3) is 0.333. The number of rotatable bonds is 4. The van der Waals surface area contributed by atoms with Gasteiger partial charge in [0.2, 0.25) is 0 Å². The van der Waals surface area contributed by atoms with Crippen molar-refractivity contribution in [1.82, 2.24) is 0 Å². The average Bonchev–Trinajstić information content (AvgIpc) is 2.28. The Balaban J connectivity index is 2.75. The van der Waals surface area contributed by atoms with Gasteiger partial charge in [-0.3, -0.25) is 4.79 Å². The van der Waals surface area contributed by atoms with E-state index in [0.717, 1.165) is 13.8 Å². The first kappa shape index (κ1) is 13.3. The molecule has 0 N–H and O–H groups in total. The summed E-state index contributed by atoms with van der Waals surface area (Å²) >= 11 is 0. The van der Waals surface area contributed by atoms with E-state index >= 15 is 0 Å². The van der Waals surface area contributed by atoms with E-state index in [1.165, 1.54) is 24.3 Å². The molecule has 1 rings (SSSR count). The summed E-state index contributed by atoms with van der Waals surface area (Å²) in [5.74, 6) is -1.55. The number of hydrogen-bond acceptors (Lipinski definition) is 3. The summed E-state index contributed by atoms with van der Waals surface area (Å²) in [6.45, 7) is 2.20. The van der Waals surface area contributed by atoms with Gasteiger partial charge in [-0.15, -0.1) is 0 Å². The van der Waals surface area contributed by atoms with Gasteiger partial charge in [-0.25, -0.2) is 13.6 Å². The lowest BCUT2D eigenvalue weighted by Crippen LogP contribution is -2.18. The maximum Gasteiger partial charge on any atom is 0.345 e. The van der Waals surface area contributed by atoms with Crippen molar-refractivity contribution < 1.29 is 23.1 Å². The summed E-state index contributed by atoms with van der Waals surface area (Å²) in [6, 6.07) is 5.28. The zero-order chi connectivity index (χ0) is 13.0. The second-order valence-electron chi connectivity index (χ2n) is 3.54. The monoisotopic (exact) mass is 242 g/mol. The summed E-state index contributed by atoms with van der Waals surface area (Å²) in [5, 5.41) is 0. The summed E-state index contributed by atoms with van der Waals surface area (Å²) in [6.07, 6.45) is -3.31. The molecule has 1 aromatic carbocycles. The van der Waals surface area contributed by atoms with Crippen LogP contribution in [-0.4, -0.2) is 24.1 Å². The van der Waals surface area contributed by atoms with Gasteiger partial charge < -0.3 is 4.74 Å². The van der Waals surface area contributed by atoms with Gasteiger partial charge in [-0.2, -0.15) is 0 Å². The van der Waals surface area contributed by atoms with Gasteiger partial charge in [0, 0.05) is 5.56 Å². The second kappa shape index (κ2) is 5.52. The van der Waals surface area contributed by atoms with Crippen LogP contribution in [-0.2, 0) is 4.79 Å². The SMILES string of the molecule is CC(F)C(=O)Oc1ccc(C(=O)C(C)F)cc1. The van der Waals surface area contributed by atoms with E-state index < -0.39 is 24.1 Å². The van der Waals surface area contributed by atoms with Crippen molar-refractivity contribution in [1.29, 1.82) is 0 Å². The molecule has 0 fully saturated rings. The molecule has 0 spiro atoms. The van der Waals surface area contributed by atoms with Crippen LogP contribution in [0.1, 0.15) is 24.2 Å². The molecule has 0 radical (unpaired) electrons. The van der Waals surface area contributed by atoms with E-state index in [2.05, 4.69) is 4.74 Å². The first-order valence-electron chi connectivity index (χ1n) is 5.06. The molecule has 5 heteroatoms. The number of ether oxygens (including phenoxy) is 1. The highest BCUT2D eigenvalue weighted by Gasteiger charge is 2.15. The molecule has 0 amide bonds. The van der Waals surface area contributed by atoms with Crippen molar-refractivity contribution in [3.63, 3.8) is 0 Å². The highest BCUT2D eigenvalue weighted by atomic mass is 19.1. The number of ketones is 1. The lowest BCUT2D eigenvalue weighted by molar-refractivity contribution is -0.139. The molecule has 0 heterocycles.